The van der Waals surface area contributed by atoms with Gasteiger partial charge in [-0.25, -0.2) is 9.37 Å². The highest BCUT2D eigenvalue weighted by Gasteiger charge is 2.10. The zero-order valence-electron chi connectivity index (χ0n) is 10.8. The van der Waals surface area contributed by atoms with Crippen LogP contribution in [0, 0.1) is 12.7 Å². The molecule has 1 aromatic heterocycles. The van der Waals surface area contributed by atoms with Gasteiger partial charge in [0.05, 0.1) is 11.9 Å². The lowest BCUT2D eigenvalue weighted by Gasteiger charge is -2.07. The predicted molar refractivity (Wildman–Crippen MR) is 70.3 cm³/mol. The molecule has 4 nitrogen and oxygen atoms in total. The van der Waals surface area contributed by atoms with Crippen molar-refractivity contribution in [3.8, 4) is 0 Å². The minimum Gasteiger partial charge on any atom is -0.352 e. The van der Waals surface area contributed by atoms with Crippen LogP contribution in [0.2, 0.25) is 0 Å². The van der Waals surface area contributed by atoms with Gasteiger partial charge in [-0.05, 0) is 31.0 Å². The topological polar surface area (TPSA) is 46.9 Å². The van der Waals surface area contributed by atoms with Gasteiger partial charge < -0.3 is 9.88 Å². The summed E-state index contributed by atoms with van der Waals surface area (Å²) in [5, 5.41) is 2.71. The SMILES string of the molecule is Cc1ccc(C(=O)NCCCn2ccnc2)c(F)c1. The number of aromatic nitrogens is 2. The molecular formula is C14H16FN3O. The van der Waals surface area contributed by atoms with Gasteiger partial charge in [-0.3, -0.25) is 4.79 Å². The molecule has 0 unspecified atom stereocenters. The van der Waals surface area contributed by atoms with Crippen LogP contribution in [0.3, 0.4) is 0 Å². The Morgan fingerprint density at radius 3 is 3.00 bits per heavy atom. The van der Waals surface area contributed by atoms with Crippen LogP contribution in [0.4, 0.5) is 4.39 Å². The van der Waals surface area contributed by atoms with E-state index in [4.69, 9.17) is 0 Å². The normalized spacial score (nSPS) is 10.4. The van der Waals surface area contributed by atoms with Gasteiger partial charge in [-0.1, -0.05) is 6.07 Å². The van der Waals surface area contributed by atoms with Crippen molar-refractivity contribution in [2.24, 2.45) is 0 Å². The number of rotatable bonds is 5. The molecule has 0 aliphatic rings. The van der Waals surface area contributed by atoms with E-state index in [1.165, 1.54) is 12.1 Å². The molecule has 0 fully saturated rings. The van der Waals surface area contributed by atoms with E-state index in [9.17, 15) is 9.18 Å². The second-order valence-corrected chi connectivity index (χ2v) is 4.39. The van der Waals surface area contributed by atoms with Crippen molar-refractivity contribution in [1.29, 1.82) is 0 Å². The molecule has 1 heterocycles. The number of hydrogen-bond donors (Lipinski definition) is 1. The molecule has 1 amide bonds. The Morgan fingerprint density at radius 1 is 1.47 bits per heavy atom. The van der Waals surface area contributed by atoms with Gasteiger partial charge in [0.25, 0.3) is 5.91 Å². The molecule has 5 heteroatoms. The lowest BCUT2D eigenvalue weighted by molar-refractivity contribution is 0.0948. The summed E-state index contributed by atoms with van der Waals surface area (Å²) in [6.45, 7) is 3.07. The van der Waals surface area contributed by atoms with Crippen LogP contribution in [0.25, 0.3) is 0 Å². The Bertz CT molecular complexity index is 552. The molecule has 19 heavy (non-hydrogen) atoms. The highest BCUT2D eigenvalue weighted by Crippen LogP contribution is 2.09. The summed E-state index contributed by atoms with van der Waals surface area (Å²) in [4.78, 5) is 15.7. The molecule has 0 atom stereocenters. The molecule has 0 aliphatic heterocycles. The Morgan fingerprint density at radius 2 is 2.32 bits per heavy atom. The Labute approximate surface area is 111 Å². The fraction of sp³-hybridized carbons (Fsp3) is 0.286. The summed E-state index contributed by atoms with van der Waals surface area (Å²) in [6.07, 6.45) is 6.07. The molecule has 2 rings (SSSR count). The number of imidazole rings is 1. The number of aryl methyl sites for hydroxylation is 2. The number of benzene rings is 1. The molecule has 0 aliphatic carbocycles. The van der Waals surface area contributed by atoms with Gasteiger partial charge in [-0.15, -0.1) is 0 Å². The predicted octanol–water partition coefficient (Wildman–Crippen LogP) is 2.15. The Hall–Kier alpha value is -2.17. The number of amides is 1. The summed E-state index contributed by atoms with van der Waals surface area (Å²) >= 11 is 0. The smallest absolute Gasteiger partial charge is 0.254 e. The van der Waals surface area contributed by atoms with Crippen LogP contribution in [0.1, 0.15) is 22.3 Å². The molecule has 0 saturated carbocycles. The van der Waals surface area contributed by atoms with Gasteiger partial charge in [-0.2, -0.15) is 0 Å². The molecule has 0 saturated heterocycles. The minimum atomic E-state index is -0.480. The number of carbonyl (C=O) groups is 1. The third-order valence-corrected chi connectivity index (χ3v) is 2.81. The van der Waals surface area contributed by atoms with Gasteiger partial charge in [0.1, 0.15) is 5.82 Å². The maximum atomic E-state index is 13.6. The molecular weight excluding hydrogens is 245 g/mol. The van der Waals surface area contributed by atoms with E-state index >= 15 is 0 Å². The quantitative estimate of drug-likeness (QED) is 0.838. The molecule has 100 valence electrons. The van der Waals surface area contributed by atoms with Crippen LogP contribution in [-0.2, 0) is 6.54 Å². The van der Waals surface area contributed by atoms with E-state index in [2.05, 4.69) is 10.3 Å². The molecule has 1 aromatic carbocycles. The van der Waals surface area contributed by atoms with Gasteiger partial charge in [0, 0.05) is 25.5 Å². The van der Waals surface area contributed by atoms with Gasteiger partial charge in [0.15, 0.2) is 0 Å². The van der Waals surface area contributed by atoms with Crippen LogP contribution >= 0.6 is 0 Å². The van der Waals surface area contributed by atoms with Crippen LogP contribution in [0.5, 0.6) is 0 Å². The molecule has 0 bridgehead atoms. The fourth-order valence-electron chi connectivity index (χ4n) is 1.78. The Balaban J connectivity index is 1.81. The lowest BCUT2D eigenvalue weighted by Crippen LogP contribution is -2.26. The lowest BCUT2D eigenvalue weighted by atomic mass is 10.1. The third-order valence-electron chi connectivity index (χ3n) is 2.81. The maximum absolute atomic E-state index is 13.6. The van der Waals surface area contributed by atoms with Crippen LogP contribution in [-0.4, -0.2) is 22.0 Å². The van der Waals surface area contributed by atoms with Crippen molar-refractivity contribution >= 4 is 5.91 Å². The monoisotopic (exact) mass is 261 g/mol. The summed E-state index contributed by atoms with van der Waals surface area (Å²) in [7, 11) is 0. The first-order valence-electron chi connectivity index (χ1n) is 6.17. The van der Waals surface area contributed by atoms with Crippen molar-refractivity contribution in [1.82, 2.24) is 14.9 Å². The van der Waals surface area contributed by atoms with Crippen LogP contribution in [0.15, 0.2) is 36.9 Å². The second kappa shape index (κ2) is 6.13. The van der Waals surface area contributed by atoms with E-state index < -0.39 is 5.82 Å². The van der Waals surface area contributed by atoms with Crippen molar-refractivity contribution in [3.63, 3.8) is 0 Å². The number of halogens is 1. The van der Waals surface area contributed by atoms with Crippen molar-refractivity contribution in [3.05, 3.63) is 53.9 Å². The largest absolute Gasteiger partial charge is 0.352 e. The second-order valence-electron chi connectivity index (χ2n) is 4.39. The summed E-state index contributed by atoms with van der Waals surface area (Å²) in [5.41, 5.74) is 0.891. The average Bonchev–Trinajstić information content (AvgIpc) is 2.87. The first kappa shape index (κ1) is 13.3. The first-order chi connectivity index (χ1) is 9.16. The van der Waals surface area contributed by atoms with E-state index in [0.29, 0.717) is 6.54 Å². The van der Waals surface area contributed by atoms with E-state index in [1.54, 1.807) is 25.5 Å². The summed E-state index contributed by atoms with van der Waals surface area (Å²) < 4.78 is 15.5. The van der Waals surface area contributed by atoms with Gasteiger partial charge in [0.2, 0.25) is 0 Å². The van der Waals surface area contributed by atoms with Crippen molar-refractivity contribution in [2.75, 3.05) is 6.54 Å². The number of nitrogens with zero attached hydrogens (tertiary/aromatic N) is 2. The highest BCUT2D eigenvalue weighted by atomic mass is 19.1. The van der Waals surface area contributed by atoms with E-state index in [0.717, 1.165) is 18.5 Å². The highest BCUT2D eigenvalue weighted by molar-refractivity contribution is 5.94. The van der Waals surface area contributed by atoms with Crippen molar-refractivity contribution < 1.29 is 9.18 Å². The number of nitrogens with one attached hydrogen (secondary N) is 1. The number of carbonyl (C=O) groups excluding carboxylic acids is 1. The Kier molecular flexibility index (Phi) is 4.28. The summed E-state index contributed by atoms with van der Waals surface area (Å²) in [5.74, 6) is -0.852. The van der Waals surface area contributed by atoms with E-state index in [1.807, 2.05) is 10.8 Å². The maximum Gasteiger partial charge on any atom is 0.254 e. The fourth-order valence-corrected chi connectivity index (χ4v) is 1.78. The molecule has 0 spiro atoms. The van der Waals surface area contributed by atoms with Crippen LogP contribution < -0.4 is 5.32 Å². The summed E-state index contributed by atoms with van der Waals surface area (Å²) in [6, 6.07) is 4.60. The van der Waals surface area contributed by atoms with Gasteiger partial charge >= 0.3 is 0 Å². The van der Waals surface area contributed by atoms with E-state index in [-0.39, 0.29) is 11.5 Å². The first-order valence-corrected chi connectivity index (χ1v) is 6.17. The molecule has 2 aromatic rings. The average molecular weight is 261 g/mol. The minimum absolute atomic E-state index is 0.0910. The molecule has 0 radical (unpaired) electrons. The zero-order chi connectivity index (χ0) is 13.7. The number of hydrogen-bond acceptors (Lipinski definition) is 2. The third kappa shape index (κ3) is 3.64. The molecule has 1 N–H and O–H groups in total. The van der Waals surface area contributed by atoms with Crippen molar-refractivity contribution in [2.45, 2.75) is 19.9 Å². The standard InChI is InChI=1S/C14H16FN3O/c1-11-3-4-12(13(15)9-11)14(19)17-5-2-7-18-8-6-16-10-18/h3-4,6,8-10H,2,5,7H2,1H3,(H,17,19). The zero-order valence-corrected chi connectivity index (χ0v) is 10.8.